The zero-order chi connectivity index (χ0) is 15.2. The molecule has 0 amide bonds. The molecular weight excluding hydrogens is 262 g/mol. The molecule has 0 aliphatic rings. The van der Waals surface area contributed by atoms with Crippen LogP contribution < -0.4 is 5.73 Å². The normalized spacial score (nSPS) is 15.0. The van der Waals surface area contributed by atoms with E-state index in [-0.39, 0.29) is 6.61 Å². The van der Waals surface area contributed by atoms with Gasteiger partial charge in [-0.05, 0) is 12.5 Å². The molecule has 20 heavy (non-hydrogen) atoms. The summed E-state index contributed by atoms with van der Waals surface area (Å²) in [4.78, 5) is 23.5. The van der Waals surface area contributed by atoms with E-state index in [9.17, 15) is 14.7 Å². The van der Waals surface area contributed by atoms with E-state index in [0.717, 1.165) is 12.7 Å². The van der Waals surface area contributed by atoms with E-state index < -0.39 is 30.0 Å². The number of esters is 2. The summed E-state index contributed by atoms with van der Waals surface area (Å²) >= 11 is 0. The molecule has 0 aliphatic heterocycles. The van der Waals surface area contributed by atoms with E-state index in [4.69, 9.17) is 10.5 Å². The van der Waals surface area contributed by atoms with Crippen molar-refractivity contribution in [1.82, 2.24) is 0 Å². The topological polar surface area (TPSA) is 98.9 Å². The monoisotopic (exact) mass is 281 g/mol. The van der Waals surface area contributed by atoms with Crippen LogP contribution in [0.4, 0.5) is 0 Å². The number of hydrogen-bond acceptors (Lipinski definition) is 6. The van der Waals surface area contributed by atoms with E-state index in [1.165, 1.54) is 6.92 Å². The van der Waals surface area contributed by atoms with Crippen molar-refractivity contribution in [2.75, 3.05) is 13.7 Å². The van der Waals surface area contributed by atoms with Crippen LogP contribution in [-0.4, -0.2) is 36.8 Å². The molecule has 0 radical (unpaired) electrons. The summed E-state index contributed by atoms with van der Waals surface area (Å²) in [5.41, 5.74) is 4.91. The second-order valence-electron chi connectivity index (χ2n) is 4.64. The van der Waals surface area contributed by atoms with Crippen molar-refractivity contribution in [3.8, 4) is 0 Å². The second-order valence-corrected chi connectivity index (χ2v) is 4.64. The molecule has 0 fully saturated rings. The number of aliphatic hydroxyl groups is 1. The summed E-state index contributed by atoms with van der Waals surface area (Å²) < 4.78 is 9.60. The lowest BCUT2D eigenvalue weighted by atomic mass is 9.83. The maximum absolute atomic E-state index is 12.1. The van der Waals surface area contributed by atoms with E-state index in [2.05, 4.69) is 4.74 Å². The number of methoxy groups -OCH3 is 1. The van der Waals surface area contributed by atoms with Gasteiger partial charge in [0.15, 0.2) is 0 Å². The molecule has 1 rings (SSSR count). The molecule has 1 aromatic carbocycles. The predicted molar refractivity (Wildman–Crippen MR) is 71.4 cm³/mol. The van der Waals surface area contributed by atoms with Gasteiger partial charge in [-0.1, -0.05) is 30.3 Å². The van der Waals surface area contributed by atoms with Crippen LogP contribution in [0.5, 0.6) is 0 Å². The summed E-state index contributed by atoms with van der Waals surface area (Å²) in [6.07, 6.45) is 0. The van der Waals surface area contributed by atoms with Gasteiger partial charge < -0.3 is 20.3 Å². The SMILES string of the molecule is COC(=O)C(N)[C@](C)(CO)C(=O)OCc1ccccc1. The van der Waals surface area contributed by atoms with Gasteiger partial charge in [-0.25, -0.2) is 0 Å². The number of hydrogen-bond donors (Lipinski definition) is 2. The first-order valence-electron chi connectivity index (χ1n) is 6.11. The molecule has 0 heterocycles. The first-order chi connectivity index (χ1) is 9.45. The van der Waals surface area contributed by atoms with E-state index in [1.54, 1.807) is 12.1 Å². The molecule has 0 saturated heterocycles. The highest BCUT2D eigenvalue weighted by Crippen LogP contribution is 2.23. The van der Waals surface area contributed by atoms with Gasteiger partial charge in [0.1, 0.15) is 18.1 Å². The minimum atomic E-state index is -1.54. The van der Waals surface area contributed by atoms with Gasteiger partial charge in [0.25, 0.3) is 0 Å². The number of rotatable bonds is 6. The van der Waals surface area contributed by atoms with Gasteiger partial charge in [0, 0.05) is 0 Å². The third-order valence-corrected chi connectivity index (χ3v) is 3.15. The van der Waals surface area contributed by atoms with Crippen molar-refractivity contribution >= 4 is 11.9 Å². The maximum Gasteiger partial charge on any atom is 0.323 e. The Morgan fingerprint density at radius 2 is 1.95 bits per heavy atom. The lowest BCUT2D eigenvalue weighted by molar-refractivity contribution is -0.166. The summed E-state index contributed by atoms with van der Waals surface area (Å²) in [5, 5.41) is 9.38. The highest BCUT2D eigenvalue weighted by atomic mass is 16.5. The zero-order valence-corrected chi connectivity index (χ0v) is 11.5. The standard InChI is InChI=1S/C14H19NO5/c1-14(9-16,11(15)12(17)19-2)13(18)20-8-10-6-4-3-5-7-10/h3-7,11,16H,8-9,15H2,1-2H3/t11?,14-/m0/s1. The molecular formula is C14H19NO5. The molecule has 1 aromatic rings. The van der Waals surface area contributed by atoms with Crippen LogP contribution in [0.3, 0.4) is 0 Å². The third-order valence-electron chi connectivity index (χ3n) is 3.15. The molecule has 2 atom stereocenters. The third kappa shape index (κ3) is 3.55. The molecule has 0 saturated carbocycles. The summed E-state index contributed by atoms with van der Waals surface area (Å²) in [5.74, 6) is -1.53. The summed E-state index contributed by atoms with van der Waals surface area (Å²) in [6, 6.07) is 7.77. The van der Waals surface area contributed by atoms with Crippen molar-refractivity contribution in [2.24, 2.45) is 11.1 Å². The molecule has 3 N–H and O–H groups in total. The maximum atomic E-state index is 12.1. The number of aliphatic hydroxyl groups excluding tert-OH is 1. The average Bonchev–Trinajstić information content (AvgIpc) is 2.51. The highest BCUT2D eigenvalue weighted by molar-refractivity contribution is 5.87. The minimum Gasteiger partial charge on any atom is -0.468 e. The Balaban J connectivity index is 2.74. The number of nitrogens with two attached hydrogens (primary N) is 1. The van der Waals surface area contributed by atoms with E-state index in [0.29, 0.717) is 0 Å². The van der Waals surface area contributed by atoms with Gasteiger partial charge in [0.2, 0.25) is 0 Å². The molecule has 0 spiro atoms. The Bertz CT molecular complexity index is 462. The fourth-order valence-corrected chi connectivity index (χ4v) is 1.56. The Morgan fingerprint density at radius 1 is 1.35 bits per heavy atom. The average molecular weight is 281 g/mol. The smallest absolute Gasteiger partial charge is 0.323 e. The van der Waals surface area contributed by atoms with Gasteiger partial charge >= 0.3 is 11.9 Å². The van der Waals surface area contributed by atoms with Crippen LogP contribution in [0.1, 0.15) is 12.5 Å². The van der Waals surface area contributed by atoms with Crippen LogP contribution in [0, 0.1) is 5.41 Å². The Kier molecular flexibility index (Phi) is 5.66. The molecule has 0 aromatic heterocycles. The number of benzene rings is 1. The first kappa shape index (κ1) is 16.1. The highest BCUT2D eigenvalue weighted by Gasteiger charge is 2.45. The van der Waals surface area contributed by atoms with Crippen LogP contribution >= 0.6 is 0 Å². The van der Waals surface area contributed by atoms with Gasteiger partial charge in [-0.2, -0.15) is 0 Å². The summed E-state index contributed by atoms with van der Waals surface area (Å²) in [7, 11) is 1.16. The molecule has 0 bridgehead atoms. The van der Waals surface area contributed by atoms with Crippen LogP contribution in [0.25, 0.3) is 0 Å². The van der Waals surface area contributed by atoms with Crippen molar-refractivity contribution in [3.05, 3.63) is 35.9 Å². The quantitative estimate of drug-likeness (QED) is 0.724. The van der Waals surface area contributed by atoms with Crippen molar-refractivity contribution in [1.29, 1.82) is 0 Å². The van der Waals surface area contributed by atoms with Crippen molar-refractivity contribution in [3.63, 3.8) is 0 Å². The van der Waals surface area contributed by atoms with Crippen LogP contribution in [0.2, 0.25) is 0 Å². The predicted octanol–water partition coefficient (Wildman–Crippen LogP) is 0.229. The fraction of sp³-hybridized carbons (Fsp3) is 0.429. The number of ether oxygens (including phenoxy) is 2. The van der Waals surface area contributed by atoms with E-state index in [1.807, 2.05) is 18.2 Å². The van der Waals surface area contributed by atoms with Gasteiger partial charge in [-0.15, -0.1) is 0 Å². The first-order valence-corrected chi connectivity index (χ1v) is 6.11. The molecule has 1 unspecified atom stereocenters. The van der Waals surface area contributed by atoms with E-state index >= 15 is 0 Å². The Labute approximate surface area is 117 Å². The van der Waals surface area contributed by atoms with Crippen molar-refractivity contribution in [2.45, 2.75) is 19.6 Å². The Hall–Kier alpha value is -1.92. The number of carbonyl (C=O) groups excluding carboxylic acids is 2. The largest absolute Gasteiger partial charge is 0.468 e. The second kappa shape index (κ2) is 7.02. The summed E-state index contributed by atoms with van der Waals surface area (Å²) in [6.45, 7) is 0.794. The number of carbonyl (C=O) groups is 2. The van der Waals surface area contributed by atoms with Crippen LogP contribution in [0.15, 0.2) is 30.3 Å². The fourth-order valence-electron chi connectivity index (χ4n) is 1.56. The Morgan fingerprint density at radius 3 is 2.45 bits per heavy atom. The molecule has 6 nitrogen and oxygen atoms in total. The molecule has 0 aliphatic carbocycles. The zero-order valence-electron chi connectivity index (χ0n) is 11.5. The van der Waals surface area contributed by atoms with Crippen LogP contribution in [-0.2, 0) is 25.7 Å². The molecule has 110 valence electrons. The van der Waals surface area contributed by atoms with Gasteiger partial charge in [0.05, 0.1) is 13.7 Å². The molecule has 6 heteroatoms. The van der Waals surface area contributed by atoms with Crippen molar-refractivity contribution < 1.29 is 24.2 Å². The van der Waals surface area contributed by atoms with Gasteiger partial charge in [-0.3, -0.25) is 9.59 Å². The minimum absolute atomic E-state index is 0.0448. The lowest BCUT2D eigenvalue weighted by Gasteiger charge is -2.29. The lowest BCUT2D eigenvalue weighted by Crippen LogP contribution is -2.53.